The van der Waals surface area contributed by atoms with E-state index in [-0.39, 0.29) is 6.42 Å². The first-order valence-corrected chi connectivity index (χ1v) is 2.28. The first kappa shape index (κ1) is 7.01. The molecule has 0 aliphatic carbocycles. The van der Waals surface area contributed by atoms with Crippen molar-refractivity contribution >= 4 is 5.97 Å². The van der Waals surface area contributed by atoms with Gasteiger partial charge in [0.2, 0.25) is 0 Å². The second-order valence-corrected chi connectivity index (χ2v) is 1.55. The second-order valence-electron chi connectivity index (χ2n) is 1.55. The number of hydrogen-bond donors (Lipinski definition) is 2. The Kier molecular flexibility index (Phi) is 2.69. The lowest BCUT2D eigenvalue weighted by Gasteiger charge is -1.91. The quantitative estimate of drug-likeness (QED) is 0.556. The van der Waals surface area contributed by atoms with E-state index < -0.39 is 5.97 Å². The number of carboxylic acid groups (broad SMARTS) is 1. The summed E-state index contributed by atoms with van der Waals surface area (Å²) in [6, 6.07) is 0. The van der Waals surface area contributed by atoms with Crippen LogP contribution in [0.25, 0.3) is 0 Å². The van der Waals surface area contributed by atoms with Crippen molar-refractivity contribution in [3.05, 3.63) is 12.3 Å². The highest BCUT2D eigenvalue weighted by Gasteiger charge is 1.94. The largest absolute Gasteiger partial charge is 0.481 e. The van der Waals surface area contributed by atoms with Gasteiger partial charge in [0.05, 0.1) is 6.42 Å². The fraction of sp³-hybridized carbons (Fsp3) is 0.400. The maximum atomic E-state index is 9.81. The van der Waals surface area contributed by atoms with Crippen molar-refractivity contribution in [2.75, 3.05) is 0 Å². The van der Waals surface area contributed by atoms with Gasteiger partial charge in [0.25, 0.3) is 0 Å². The Hall–Kier alpha value is -0.990. The summed E-state index contributed by atoms with van der Waals surface area (Å²) in [6.45, 7) is 3.34. The van der Waals surface area contributed by atoms with Gasteiger partial charge in [-0.25, -0.2) is 0 Å². The zero-order chi connectivity index (χ0) is 6.57. The van der Waals surface area contributed by atoms with E-state index in [4.69, 9.17) is 10.8 Å². The van der Waals surface area contributed by atoms with E-state index in [1.807, 2.05) is 0 Å². The van der Waals surface area contributed by atoms with Crippen LogP contribution in [-0.2, 0) is 4.79 Å². The highest BCUT2D eigenvalue weighted by molar-refractivity contribution is 5.66. The third-order valence-corrected chi connectivity index (χ3v) is 0.660. The Labute approximate surface area is 47.8 Å². The van der Waals surface area contributed by atoms with Crippen molar-refractivity contribution < 1.29 is 9.90 Å². The van der Waals surface area contributed by atoms with Gasteiger partial charge in [0.15, 0.2) is 0 Å². The van der Waals surface area contributed by atoms with Crippen LogP contribution in [-0.4, -0.2) is 11.1 Å². The molecule has 0 bridgehead atoms. The fourth-order valence-electron chi connectivity index (χ4n) is 0.267. The molecule has 0 amide bonds. The summed E-state index contributed by atoms with van der Waals surface area (Å²) in [6.07, 6.45) is 0.449. The standard InChI is InChI=1S/C5H9NO2/c1-4(6)2-3-5(7)8/h1-3,6H2,(H,7,8). The van der Waals surface area contributed by atoms with Gasteiger partial charge in [-0.15, -0.1) is 0 Å². The molecule has 0 spiro atoms. The van der Waals surface area contributed by atoms with Crippen molar-refractivity contribution in [2.45, 2.75) is 12.8 Å². The third kappa shape index (κ3) is 5.01. The molecule has 3 heteroatoms. The van der Waals surface area contributed by atoms with E-state index in [1.165, 1.54) is 0 Å². The van der Waals surface area contributed by atoms with Crippen LogP contribution in [0.4, 0.5) is 0 Å². The van der Waals surface area contributed by atoms with Crippen LogP contribution >= 0.6 is 0 Å². The molecule has 3 N–H and O–H groups in total. The van der Waals surface area contributed by atoms with E-state index in [9.17, 15) is 4.79 Å². The molecule has 0 saturated heterocycles. The number of rotatable bonds is 3. The van der Waals surface area contributed by atoms with E-state index in [2.05, 4.69) is 6.58 Å². The lowest BCUT2D eigenvalue weighted by molar-refractivity contribution is -0.136. The molecule has 0 aromatic rings. The zero-order valence-electron chi connectivity index (χ0n) is 4.55. The molecular weight excluding hydrogens is 106 g/mol. The number of aliphatic carboxylic acids is 1. The monoisotopic (exact) mass is 115 g/mol. The zero-order valence-corrected chi connectivity index (χ0v) is 4.55. The summed E-state index contributed by atoms with van der Waals surface area (Å²) < 4.78 is 0. The van der Waals surface area contributed by atoms with Crippen molar-refractivity contribution in [2.24, 2.45) is 5.73 Å². The molecule has 0 aliphatic rings. The van der Waals surface area contributed by atoms with Gasteiger partial charge in [-0.1, -0.05) is 6.58 Å². The first-order valence-electron chi connectivity index (χ1n) is 2.28. The van der Waals surface area contributed by atoms with Gasteiger partial charge in [0.1, 0.15) is 0 Å². The molecule has 0 heterocycles. The number of nitrogens with two attached hydrogens (primary N) is 1. The van der Waals surface area contributed by atoms with Gasteiger partial charge < -0.3 is 10.8 Å². The number of carbonyl (C=O) groups is 1. The Balaban J connectivity index is 3.18. The van der Waals surface area contributed by atoms with Crippen LogP contribution in [0.1, 0.15) is 12.8 Å². The van der Waals surface area contributed by atoms with Crippen LogP contribution in [0.3, 0.4) is 0 Å². The Morgan fingerprint density at radius 1 is 1.62 bits per heavy atom. The maximum absolute atomic E-state index is 9.81. The van der Waals surface area contributed by atoms with Crippen LogP contribution < -0.4 is 5.73 Å². The number of allylic oxidation sites excluding steroid dienone is 1. The highest BCUT2D eigenvalue weighted by atomic mass is 16.4. The molecule has 0 aromatic carbocycles. The average Bonchev–Trinajstić information content (AvgIpc) is 1.61. The summed E-state index contributed by atoms with van der Waals surface area (Å²) in [4.78, 5) is 9.81. The number of carboxylic acids is 1. The molecule has 0 atom stereocenters. The summed E-state index contributed by atoms with van der Waals surface area (Å²) in [5.74, 6) is -0.836. The topological polar surface area (TPSA) is 63.3 Å². The molecular formula is C5H9NO2. The molecule has 0 fully saturated rings. The summed E-state index contributed by atoms with van der Waals surface area (Å²) in [7, 11) is 0. The van der Waals surface area contributed by atoms with E-state index in [0.29, 0.717) is 12.1 Å². The van der Waals surface area contributed by atoms with E-state index in [1.54, 1.807) is 0 Å². The molecule has 0 aromatic heterocycles. The van der Waals surface area contributed by atoms with Gasteiger partial charge in [-0.2, -0.15) is 0 Å². The van der Waals surface area contributed by atoms with Crippen LogP contribution in [0.5, 0.6) is 0 Å². The molecule has 0 saturated carbocycles. The molecule has 0 rings (SSSR count). The van der Waals surface area contributed by atoms with Crippen molar-refractivity contribution in [1.29, 1.82) is 0 Å². The van der Waals surface area contributed by atoms with Gasteiger partial charge >= 0.3 is 5.97 Å². The highest BCUT2D eigenvalue weighted by Crippen LogP contribution is 1.92. The Morgan fingerprint density at radius 2 is 2.12 bits per heavy atom. The van der Waals surface area contributed by atoms with Gasteiger partial charge in [0, 0.05) is 5.70 Å². The molecule has 8 heavy (non-hydrogen) atoms. The molecule has 46 valence electrons. The smallest absolute Gasteiger partial charge is 0.303 e. The third-order valence-electron chi connectivity index (χ3n) is 0.660. The van der Waals surface area contributed by atoms with Crippen LogP contribution in [0.15, 0.2) is 12.3 Å². The minimum absolute atomic E-state index is 0.0787. The maximum Gasteiger partial charge on any atom is 0.303 e. The minimum atomic E-state index is -0.836. The molecule has 0 aliphatic heterocycles. The first-order chi connectivity index (χ1) is 3.63. The predicted octanol–water partition coefficient (Wildman–Crippen LogP) is 0.324. The Morgan fingerprint density at radius 3 is 2.25 bits per heavy atom. The lowest BCUT2D eigenvalue weighted by Crippen LogP contribution is -2.00. The molecule has 0 radical (unpaired) electrons. The number of hydrogen-bond acceptors (Lipinski definition) is 2. The summed E-state index contributed by atoms with van der Waals surface area (Å²) in [5.41, 5.74) is 5.51. The van der Waals surface area contributed by atoms with Gasteiger partial charge in [-0.05, 0) is 6.42 Å². The predicted molar refractivity (Wildman–Crippen MR) is 30.2 cm³/mol. The normalized spacial score (nSPS) is 8.50. The van der Waals surface area contributed by atoms with Crippen molar-refractivity contribution in [1.82, 2.24) is 0 Å². The van der Waals surface area contributed by atoms with Gasteiger partial charge in [-0.3, -0.25) is 4.79 Å². The summed E-state index contributed by atoms with van der Waals surface area (Å²) >= 11 is 0. The van der Waals surface area contributed by atoms with Crippen molar-refractivity contribution in [3.63, 3.8) is 0 Å². The Bertz CT molecular complexity index is 95.0. The van der Waals surface area contributed by atoms with Crippen LogP contribution in [0.2, 0.25) is 0 Å². The molecule has 0 unspecified atom stereocenters. The average molecular weight is 115 g/mol. The second kappa shape index (κ2) is 3.07. The molecule has 3 nitrogen and oxygen atoms in total. The van der Waals surface area contributed by atoms with E-state index in [0.717, 1.165) is 0 Å². The van der Waals surface area contributed by atoms with E-state index >= 15 is 0 Å². The lowest BCUT2D eigenvalue weighted by atomic mass is 10.3. The van der Waals surface area contributed by atoms with Crippen molar-refractivity contribution in [3.8, 4) is 0 Å². The van der Waals surface area contributed by atoms with Crippen LogP contribution in [0, 0.1) is 0 Å². The minimum Gasteiger partial charge on any atom is -0.481 e. The fourth-order valence-corrected chi connectivity index (χ4v) is 0.267. The SMILES string of the molecule is C=C(N)CCC(=O)O. The summed E-state index contributed by atoms with van der Waals surface area (Å²) in [5, 5.41) is 8.07.